The highest BCUT2D eigenvalue weighted by Crippen LogP contribution is 2.28. The van der Waals surface area contributed by atoms with Crippen LogP contribution in [0.1, 0.15) is 40.2 Å². The number of nitrogens with zero attached hydrogens (tertiary/aromatic N) is 1. The Bertz CT molecular complexity index is 474. The first kappa shape index (κ1) is 16.8. The van der Waals surface area contributed by atoms with Gasteiger partial charge in [-0.15, -0.1) is 0 Å². The van der Waals surface area contributed by atoms with Gasteiger partial charge >= 0.3 is 0 Å². The molecule has 1 N–H and O–H groups in total. The fourth-order valence-corrected chi connectivity index (χ4v) is 3.06. The van der Waals surface area contributed by atoms with Gasteiger partial charge in [0.05, 0.1) is 12.2 Å². The summed E-state index contributed by atoms with van der Waals surface area (Å²) in [7, 11) is 0. The maximum absolute atomic E-state index is 5.85. The van der Waals surface area contributed by atoms with Crippen molar-refractivity contribution in [2.24, 2.45) is 0 Å². The summed E-state index contributed by atoms with van der Waals surface area (Å²) < 4.78 is 6.98. The van der Waals surface area contributed by atoms with Gasteiger partial charge in [0.1, 0.15) is 0 Å². The van der Waals surface area contributed by atoms with Crippen LogP contribution in [0.5, 0.6) is 0 Å². The third-order valence-electron chi connectivity index (χ3n) is 3.62. The summed E-state index contributed by atoms with van der Waals surface area (Å²) in [5, 5.41) is 3.59. The van der Waals surface area contributed by atoms with E-state index in [1.165, 1.54) is 11.3 Å². The molecule has 21 heavy (non-hydrogen) atoms. The molecular weight excluding hydrogens is 328 g/mol. The molecule has 2 rings (SSSR count). The number of hydrogen-bond donors (Lipinski definition) is 1. The Morgan fingerprint density at radius 1 is 1.24 bits per heavy atom. The summed E-state index contributed by atoms with van der Waals surface area (Å²) >= 11 is 3.61. The van der Waals surface area contributed by atoms with E-state index in [0.717, 1.165) is 24.1 Å². The van der Waals surface area contributed by atoms with Crippen molar-refractivity contribution in [2.45, 2.75) is 58.9 Å². The summed E-state index contributed by atoms with van der Waals surface area (Å²) in [6.07, 6.45) is 0.548. The van der Waals surface area contributed by atoms with E-state index in [0.29, 0.717) is 0 Å². The maximum Gasteiger partial charge on any atom is 0.0726 e. The molecule has 0 saturated carbocycles. The van der Waals surface area contributed by atoms with Crippen molar-refractivity contribution in [3.8, 4) is 0 Å². The van der Waals surface area contributed by atoms with Gasteiger partial charge in [-0.2, -0.15) is 0 Å². The Kier molecular flexibility index (Phi) is 5.33. The van der Waals surface area contributed by atoms with Crippen LogP contribution < -0.4 is 10.2 Å². The Morgan fingerprint density at radius 3 is 2.43 bits per heavy atom. The van der Waals surface area contributed by atoms with Crippen LogP contribution in [-0.2, 0) is 11.3 Å². The van der Waals surface area contributed by atoms with E-state index < -0.39 is 0 Å². The van der Waals surface area contributed by atoms with Gasteiger partial charge in [-0.1, -0.05) is 22.0 Å². The number of anilines is 1. The zero-order valence-corrected chi connectivity index (χ0v) is 15.3. The minimum atomic E-state index is 0.121. The van der Waals surface area contributed by atoms with Crippen LogP contribution in [0.3, 0.4) is 0 Å². The van der Waals surface area contributed by atoms with Crippen molar-refractivity contribution < 1.29 is 4.74 Å². The lowest BCUT2D eigenvalue weighted by Crippen LogP contribution is -2.46. The summed E-state index contributed by atoms with van der Waals surface area (Å²) in [5.41, 5.74) is 2.77. The normalized spacial score (nSPS) is 23.4. The number of nitrogens with one attached hydrogen (secondary N) is 1. The number of benzene rings is 1. The lowest BCUT2D eigenvalue weighted by atomic mass is 10.1. The van der Waals surface area contributed by atoms with Gasteiger partial charge in [-0.05, 0) is 52.3 Å². The van der Waals surface area contributed by atoms with Gasteiger partial charge in [-0.25, -0.2) is 0 Å². The van der Waals surface area contributed by atoms with E-state index in [9.17, 15) is 0 Å². The molecule has 3 nitrogen and oxygen atoms in total. The predicted octanol–water partition coefficient (Wildman–Crippen LogP) is 3.95. The topological polar surface area (TPSA) is 24.5 Å². The third-order valence-corrected chi connectivity index (χ3v) is 4.11. The molecule has 1 heterocycles. The van der Waals surface area contributed by atoms with Crippen molar-refractivity contribution in [1.82, 2.24) is 5.32 Å². The Hall–Kier alpha value is -0.580. The number of rotatable bonds is 3. The van der Waals surface area contributed by atoms with Crippen LogP contribution in [0.2, 0.25) is 0 Å². The van der Waals surface area contributed by atoms with Crippen LogP contribution in [0.4, 0.5) is 5.69 Å². The fraction of sp³-hybridized carbons (Fsp3) is 0.647. The van der Waals surface area contributed by atoms with E-state index in [-0.39, 0.29) is 17.7 Å². The Balaban J connectivity index is 2.22. The average Bonchev–Trinajstić information content (AvgIpc) is 2.35. The van der Waals surface area contributed by atoms with Gasteiger partial charge in [0.2, 0.25) is 0 Å². The molecule has 0 amide bonds. The predicted molar refractivity (Wildman–Crippen MR) is 93.0 cm³/mol. The molecule has 1 aliphatic rings. The standard InChI is InChI=1S/C17H27BrN2O/c1-12-10-20(11-13(2)21-12)16-8-15(18)7-6-14(16)9-19-17(3,4)5/h6-8,12-13,19H,9-11H2,1-5H3. The van der Waals surface area contributed by atoms with Crippen molar-refractivity contribution in [3.05, 3.63) is 28.2 Å². The van der Waals surface area contributed by atoms with E-state index in [1.54, 1.807) is 0 Å². The average molecular weight is 355 g/mol. The zero-order chi connectivity index (χ0) is 15.6. The first-order chi connectivity index (χ1) is 9.74. The molecule has 0 aromatic heterocycles. The van der Waals surface area contributed by atoms with Crippen LogP contribution in [0, 0.1) is 0 Å². The van der Waals surface area contributed by atoms with E-state index in [2.05, 4.69) is 79.0 Å². The number of hydrogen-bond acceptors (Lipinski definition) is 3. The van der Waals surface area contributed by atoms with Gasteiger partial charge in [0.25, 0.3) is 0 Å². The molecule has 1 aliphatic heterocycles. The smallest absolute Gasteiger partial charge is 0.0726 e. The summed E-state index contributed by atoms with van der Waals surface area (Å²) in [6, 6.07) is 6.56. The van der Waals surface area contributed by atoms with Crippen LogP contribution in [-0.4, -0.2) is 30.8 Å². The summed E-state index contributed by atoms with van der Waals surface area (Å²) in [5.74, 6) is 0. The van der Waals surface area contributed by atoms with Crippen LogP contribution in [0.15, 0.2) is 22.7 Å². The van der Waals surface area contributed by atoms with Gasteiger partial charge in [0, 0.05) is 35.3 Å². The largest absolute Gasteiger partial charge is 0.372 e. The summed E-state index contributed by atoms with van der Waals surface area (Å²) in [4.78, 5) is 2.45. The highest BCUT2D eigenvalue weighted by Gasteiger charge is 2.24. The highest BCUT2D eigenvalue weighted by atomic mass is 79.9. The van der Waals surface area contributed by atoms with Gasteiger partial charge in [-0.3, -0.25) is 0 Å². The molecule has 2 unspecified atom stereocenters. The minimum absolute atomic E-state index is 0.121. The molecule has 1 saturated heterocycles. The molecule has 1 aromatic rings. The molecule has 0 aliphatic carbocycles. The molecule has 1 aromatic carbocycles. The van der Waals surface area contributed by atoms with Crippen LogP contribution in [0.25, 0.3) is 0 Å². The monoisotopic (exact) mass is 354 g/mol. The molecule has 0 bridgehead atoms. The molecule has 0 radical (unpaired) electrons. The SMILES string of the molecule is CC1CN(c2cc(Br)ccc2CNC(C)(C)C)CC(C)O1. The molecule has 118 valence electrons. The second kappa shape index (κ2) is 6.67. The minimum Gasteiger partial charge on any atom is -0.372 e. The van der Waals surface area contributed by atoms with Crippen molar-refractivity contribution >= 4 is 21.6 Å². The second-order valence-corrected chi connectivity index (χ2v) is 7.95. The Morgan fingerprint density at radius 2 is 1.86 bits per heavy atom. The van der Waals surface area contributed by atoms with E-state index in [4.69, 9.17) is 4.74 Å². The molecule has 2 atom stereocenters. The van der Waals surface area contributed by atoms with Crippen molar-refractivity contribution in [3.63, 3.8) is 0 Å². The maximum atomic E-state index is 5.85. The first-order valence-electron chi connectivity index (χ1n) is 7.68. The quantitative estimate of drug-likeness (QED) is 0.889. The van der Waals surface area contributed by atoms with E-state index >= 15 is 0 Å². The number of ether oxygens (including phenoxy) is 1. The molecular formula is C17H27BrN2O. The Labute approximate surface area is 137 Å². The summed E-state index contributed by atoms with van der Waals surface area (Å²) in [6.45, 7) is 13.7. The third kappa shape index (κ3) is 4.97. The van der Waals surface area contributed by atoms with Gasteiger partial charge in [0.15, 0.2) is 0 Å². The lowest BCUT2D eigenvalue weighted by Gasteiger charge is -2.38. The van der Waals surface area contributed by atoms with Crippen molar-refractivity contribution in [1.29, 1.82) is 0 Å². The van der Waals surface area contributed by atoms with Crippen LogP contribution >= 0.6 is 15.9 Å². The number of halogens is 1. The molecule has 1 fully saturated rings. The molecule has 4 heteroatoms. The second-order valence-electron chi connectivity index (χ2n) is 7.04. The first-order valence-corrected chi connectivity index (χ1v) is 8.48. The zero-order valence-electron chi connectivity index (χ0n) is 13.7. The van der Waals surface area contributed by atoms with Gasteiger partial charge < -0.3 is 15.0 Å². The fourth-order valence-electron chi connectivity index (χ4n) is 2.72. The highest BCUT2D eigenvalue weighted by molar-refractivity contribution is 9.10. The lowest BCUT2D eigenvalue weighted by molar-refractivity contribution is -0.00527. The molecule has 0 spiro atoms. The number of morpholine rings is 1. The van der Waals surface area contributed by atoms with Crippen molar-refractivity contribution in [2.75, 3.05) is 18.0 Å². The van der Waals surface area contributed by atoms with E-state index in [1.807, 2.05) is 0 Å².